The average Bonchev–Trinajstić information content (AvgIpc) is 2.45. The third-order valence-electron chi connectivity index (χ3n) is 4.05. The van der Waals surface area contributed by atoms with Gasteiger partial charge in [0.1, 0.15) is 6.04 Å². The summed E-state index contributed by atoms with van der Waals surface area (Å²) in [7, 11) is 1.63. The lowest BCUT2D eigenvalue weighted by molar-refractivity contribution is -0.142. The van der Waals surface area contributed by atoms with Crippen molar-refractivity contribution < 1.29 is 14.7 Å². The molecular formula is C18H28N2O3. The van der Waals surface area contributed by atoms with Crippen molar-refractivity contribution in [3.8, 4) is 0 Å². The number of rotatable bonds is 7. The zero-order chi connectivity index (χ0) is 17.7. The second kappa shape index (κ2) is 8.11. The van der Waals surface area contributed by atoms with Crippen molar-refractivity contribution in [3.05, 3.63) is 29.3 Å². The van der Waals surface area contributed by atoms with Gasteiger partial charge >= 0.3 is 5.97 Å². The summed E-state index contributed by atoms with van der Waals surface area (Å²) in [6.07, 6.45) is 0. The molecule has 1 unspecified atom stereocenters. The Morgan fingerprint density at radius 2 is 1.57 bits per heavy atom. The largest absolute Gasteiger partial charge is 0.480 e. The highest BCUT2D eigenvalue weighted by molar-refractivity contribution is 5.94. The molecule has 1 aromatic carbocycles. The average molecular weight is 320 g/mol. The summed E-state index contributed by atoms with van der Waals surface area (Å²) < 4.78 is 0. The van der Waals surface area contributed by atoms with Crippen LogP contribution in [0.1, 0.15) is 57.6 Å². The van der Waals surface area contributed by atoms with E-state index in [9.17, 15) is 9.59 Å². The van der Waals surface area contributed by atoms with E-state index >= 15 is 0 Å². The summed E-state index contributed by atoms with van der Waals surface area (Å²) in [5.41, 5.74) is 3.05. The van der Waals surface area contributed by atoms with Gasteiger partial charge in [0.25, 0.3) is 0 Å². The number of nitrogens with one attached hydrogen (secondary N) is 1. The maximum Gasteiger partial charge on any atom is 0.320 e. The van der Waals surface area contributed by atoms with E-state index in [4.69, 9.17) is 5.11 Å². The number of para-hydroxylation sites is 1. The smallest absolute Gasteiger partial charge is 0.320 e. The summed E-state index contributed by atoms with van der Waals surface area (Å²) in [4.78, 5) is 24.9. The molecule has 5 heteroatoms. The van der Waals surface area contributed by atoms with E-state index < -0.39 is 12.0 Å². The molecule has 0 bridgehead atoms. The fourth-order valence-corrected chi connectivity index (χ4v) is 2.43. The fraction of sp³-hybridized carbons (Fsp3) is 0.556. The van der Waals surface area contributed by atoms with Crippen LogP contribution in [-0.2, 0) is 9.59 Å². The molecule has 0 saturated carbocycles. The lowest BCUT2D eigenvalue weighted by Gasteiger charge is -2.23. The van der Waals surface area contributed by atoms with Gasteiger partial charge in [0.2, 0.25) is 5.91 Å². The van der Waals surface area contributed by atoms with Crippen LogP contribution in [0.2, 0.25) is 0 Å². The minimum absolute atomic E-state index is 0.0391. The van der Waals surface area contributed by atoms with Crippen molar-refractivity contribution in [1.29, 1.82) is 0 Å². The van der Waals surface area contributed by atoms with Gasteiger partial charge in [-0.1, -0.05) is 45.9 Å². The third-order valence-corrected chi connectivity index (χ3v) is 4.05. The van der Waals surface area contributed by atoms with Gasteiger partial charge in [0, 0.05) is 5.69 Å². The van der Waals surface area contributed by atoms with Crippen LogP contribution in [0.4, 0.5) is 5.69 Å². The van der Waals surface area contributed by atoms with E-state index in [-0.39, 0.29) is 12.5 Å². The van der Waals surface area contributed by atoms with Crippen molar-refractivity contribution in [1.82, 2.24) is 4.90 Å². The summed E-state index contributed by atoms with van der Waals surface area (Å²) >= 11 is 0. The quantitative estimate of drug-likeness (QED) is 0.809. The zero-order valence-corrected chi connectivity index (χ0v) is 14.9. The zero-order valence-electron chi connectivity index (χ0n) is 14.9. The number of aliphatic carboxylic acids is 1. The Kier molecular flexibility index (Phi) is 6.76. The van der Waals surface area contributed by atoms with Crippen LogP contribution in [0, 0.1) is 0 Å². The standard InChI is InChI=1S/C18H28N2O3/c1-11(2)14-8-7-9-15(12(3)4)17(14)19-16(21)10-20(6)13(5)18(22)23/h7-9,11-13H,10H2,1-6H3,(H,19,21)(H,22,23). The molecule has 0 saturated heterocycles. The van der Waals surface area contributed by atoms with Crippen LogP contribution >= 0.6 is 0 Å². The van der Waals surface area contributed by atoms with E-state index in [0.717, 1.165) is 16.8 Å². The molecule has 1 amide bonds. The van der Waals surface area contributed by atoms with E-state index in [1.165, 1.54) is 4.90 Å². The molecule has 0 radical (unpaired) electrons. The SMILES string of the molecule is CC(C)c1cccc(C(C)C)c1NC(=O)CN(C)C(C)C(=O)O. The summed E-state index contributed by atoms with van der Waals surface area (Å²) in [5.74, 6) is -0.555. The van der Waals surface area contributed by atoms with Crippen LogP contribution in [0.25, 0.3) is 0 Å². The third kappa shape index (κ3) is 5.06. The van der Waals surface area contributed by atoms with E-state index in [1.807, 2.05) is 18.2 Å². The number of amides is 1. The lowest BCUT2D eigenvalue weighted by Crippen LogP contribution is -2.40. The first-order chi connectivity index (χ1) is 10.6. The number of benzene rings is 1. The molecule has 0 heterocycles. The van der Waals surface area contributed by atoms with Crippen molar-refractivity contribution in [2.45, 2.75) is 52.5 Å². The second-order valence-corrected chi connectivity index (χ2v) is 6.60. The predicted molar refractivity (Wildman–Crippen MR) is 93.0 cm³/mol. The van der Waals surface area contributed by atoms with Gasteiger partial charge < -0.3 is 10.4 Å². The van der Waals surface area contributed by atoms with Gasteiger partial charge in [-0.15, -0.1) is 0 Å². The molecule has 0 aromatic heterocycles. The van der Waals surface area contributed by atoms with Gasteiger partial charge in [0.05, 0.1) is 6.54 Å². The molecule has 0 aliphatic heterocycles. The monoisotopic (exact) mass is 320 g/mol. The molecule has 0 aliphatic carbocycles. The Bertz CT molecular complexity index is 541. The lowest BCUT2D eigenvalue weighted by atomic mass is 9.92. The molecule has 0 spiro atoms. The van der Waals surface area contributed by atoms with Crippen molar-refractivity contribution in [3.63, 3.8) is 0 Å². The van der Waals surface area contributed by atoms with Crippen LogP contribution < -0.4 is 5.32 Å². The molecule has 0 aliphatic rings. The van der Waals surface area contributed by atoms with Crippen molar-refractivity contribution >= 4 is 17.6 Å². The Labute approximate surface area is 138 Å². The summed E-state index contributed by atoms with van der Waals surface area (Å²) in [6.45, 7) is 9.97. The molecule has 5 nitrogen and oxygen atoms in total. The van der Waals surface area contributed by atoms with E-state index in [1.54, 1.807) is 14.0 Å². The summed E-state index contributed by atoms with van der Waals surface area (Å²) in [5, 5.41) is 12.0. The number of nitrogens with zero attached hydrogens (tertiary/aromatic N) is 1. The number of carboxylic acids is 1. The first-order valence-corrected chi connectivity index (χ1v) is 8.00. The molecule has 1 atom stereocenters. The minimum Gasteiger partial charge on any atom is -0.480 e. The van der Waals surface area contributed by atoms with Gasteiger partial charge in [-0.05, 0) is 36.9 Å². The molecule has 128 valence electrons. The molecule has 1 rings (SSSR count). The Morgan fingerprint density at radius 3 is 1.96 bits per heavy atom. The van der Waals surface area contributed by atoms with Gasteiger partial charge in [-0.2, -0.15) is 0 Å². The van der Waals surface area contributed by atoms with Crippen LogP contribution in [0.5, 0.6) is 0 Å². The number of carboxylic acid groups (broad SMARTS) is 1. The maximum absolute atomic E-state index is 12.4. The topological polar surface area (TPSA) is 69.6 Å². The number of anilines is 1. The second-order valence-electron chi connectivity index (χ2n) is 6.60. The number of hydrogen-bond donors (Lipinski definition) is 2. The van der Waals surface area contributed by atoms with Gasteiger partial charge in [-0.3, -0.25) is 14.5 Å². The Hall–Kier alpha value is -1.88. The fourth-order valence-electron chi connectivity index (χ4n) is 2.43. The summed E-state index contributed by atoms with van der Waals surface area (Å²) in [6, 6.07) is 5.36. The highest BCUT2D eigenvalue weighted by Gasteiger charge is 2.21. The Balaban J connectivity index is 2.99. The minimum atomic E-state index is -0.939. The number of carbonyl (C=O) groups excluding carboxylic acids is 1. The molecular weight excluding hydrogens is 292 g/mol. The maximum atomic E-state index is 12.4. The predicted octanol–water partition coefficient (Wildman–Crippen LogP) is 3.28. The highest BCUT2D eigenvalue weighted by Crippen LogP contribution is 2.32. The van der Waals surface area contributed by atoms with Gasteiger partial charge in [-0.25, -0.2) is 0 Å². The Morgan fingerprint density at radius 1 is 1.09 bits per heavy atom. The van der Waals surface area contributed by atoms with Crippen LogP contribution in [0.3, 0.4) is 0 Å². The van der Waals surface area contributed by atoms with E-state index in [2.05, 4.69) is 33.0 Å². The normalized spacial score (nSPS) is 12.7. The van der Waals surface area contributed by atoms with Crippen molar-refractivity contribution in [2.24, 2.45) is 0 Å². The van der Waals surface area contributed by atoms with Crippen LogP contribution in [-0.4, -0.2) is 41.5 Å². The molecule has 1 aromatic rings. The highest BCUT2D eigenvalue weighted by atomic mass is 16.4. The van der Waals surface area contributed by atoms with Gasteiger partial charge in [0.15, 0.2) is 0 Å². The van der Waals surface area contributed by atoms with E-state index in [0.29, 0.717) is 11.8 Å². The first kappa shape index (κ1) is 19.2. The molecule has 0 fully saturated rings. The number of likely N-dealkylation sites (N-methyl/N-ethyl adjacent to an activating group) is 1. The molecule has 2 N–H and O–H groups in total. The first-order valence-electron chi connectivity index (χ1n) is 8.00. The van der Waals surface area contributed by atoms with Crippen molar-refractivity contribution in [2.75, 3.05) is 18.9 Å². The van der Waals surface area contributed by atoms with Crippen LogP contribution in [0.15, 0.2) is 18.2 Å². The number of hydrogen-bond acceptors (Lipinski definition) is 3. The molecule has 23 heavy (non-hydrogen) atoms. The number of carbonyl (C=O) groups is 2.